The fourth-order valence-corrected chi connectivity index (χ4v) is 1.70. The molecular weight excluding hydrogens is 278 g/mol. The van der Waals surface area contributed by atoms with Crippen molar-refractivity contribution >= 4 is 29.2 Å². The number of carbonyl (C=O) groups is 2. The Hall–Kier alpha value is -1.75. The zero-order valence-electron chi connectivity index (χ0n) is 12.2. The van der Waals surface area contributed by atoms with Crippen molar-refractivity contribution in [3.63, 3.8) is 0 Å². The van der Waals surface area contributed by atoms with Gasteiger partial charge < -0.3 is 15.5 Å². The second kappa shape index (κ2) is 7.14. The van der Waals surface area contributed by atoms with Gasteiger partial charge in [0.15, 0.2) is 0 Å². The first-order chi connectivity index (χ1) is 9.35. The Morgan fingerprint density at radius 1 is 1.35 bits per heavy atom. The maximum atomic E-state index is 12.0. The topological polar surface area (TPSA) is 61.4 Å². The lowest BCUT2D eigenvalue weighted by Crippen LogP contribution is -2.36. The summed E-state index contributed by atoms with van der Waals surface area (Å²) >= 11 is 5.92. The van der Waals surface area contributed by atoms with Crippen LogP contribution >= 0.6 is 11.6 Å². The molecule has 0 aliphatic heterocycles. The molecule has 0 bridgehead atoms. The maximum absolute atomic E-state index is 12.0. The van der Waals surface area contributed by atoms with Crippen LogP contribution in [-0.2, 0) is 0 Å². The number of hydrogen-bond donors (Lipinski definition) is 2. The number of nitrogens with one attached hydrogen (secondary N) is 2. The van der Waals surface area contributed by atoms with Crippen molar-refractivity contribution < 1.29 is 9.59 Å². The largest absolute Gasteiger partial charge is 0.345 e. The van der Waals surface area contributed by atoms with Crippen LogP contribution < -0.4 is 10.6 Å². The lowest BCUT2D eigenvalue weighted by Gasteiger charge is -2.17. The molecule has 0 radical (unpaired) electrons. The average molecular weight is 298 g/mol. The lowest BCUT2D eigenvalue weighted by atomic mass is 10.1. The Labute approximate surface area is 124 Å². The first-order valence-corrected chi connectivity index (χ1v) is 6.81. The van der Waals surface area contributed by atoms with E-state index in [0.717, 1.165) is 6.42 Å². The van der Waals surface area contributed by atoms with Gasteiger partial charge in [0.2, 0.25) is 0 Å². The predicted octanol–water partition coefficient (Wildman–Crippen LogP) is 2.96. The molecule has 0 spiro atoms. The maximum Gasteiger partial charge on any atom is 0.319 e. The Morgan fingerprint density at radius 3 is 2.55 bits per heavy atom. The predicted molar refractivity (Wildman–Crippen MR) is 81.4 cm³/mol. The summed E-state index contributed by atoms with van der Waals surface area (Å²) in [6.45, 7) is 3.88. The third-order valence-electron chi connectivity index (χ3n) is 2.86. The molecule has 20 heavy (non-hydrogen) atoms. The number of halogens is 1. The number of benzene rings is 1. The number of hydrogen-bond acceptors (Lipinski definition) is 2. The highest BCUT2D eigenvalue weighted by Crippen LogP contribution is 2.22. The van der Waals surface area contributed by atoms with Crippen molar-refractivity contribution in [2.24, 2.45) is 0 Å². The Kier molecular flexibility index (Phi) is 5.82. The minimum absolute atomic E-state index is 0.0576. The van der Waals surface area contributed by atoms with Gasteiger partial charge in [-0.05, 0) is 31.5 Å². The minimum atomic E-state index is -0.352. The molecule has 0 fully saturated rings. The summed E-state index contributed by atoms with van der Waals surface area (Å²) in [6.07, 6.45) is 0.826. The van der Waals surface area contributed by atoms with E-state index in [1.807, 2.05) is 13.8 Å². The van der Waals surface area contributed by atoms with Crippen molar-refractivity contribution in [3.05, 3.63) is 28.8 Å². The molecule has 2 N–H and O–H groups in total. The number of urea groups is 1. The Bertz CT molecular complexity index is 503. The molecule has 0 aliphatic carbocycles. The molecule has 0 aliphatic rings. The summed E-state index contributed by atoms with van der Waals surface area (Å²) < 4.78 is 0. The third-order valence-corrected chi connectivity index (χ3v) is 3.09. The van der Waals surface area contributed by atoms with Gasteiger partial charge >= 0.3 is 6.03 Å². The minimum Gasteiger partial charge on any atom is -0.345 e. The van der Waals surface area contributed by atoms with Gasteiger partial charge in [-0.15, -0.1) is 0 Å². The Balaban J connectivity index is 2.95. The van der Waals surface area contributed by atoms with Crippen LogP contribution in [0.15, 0.2) is 18.2 Å². The molecule has 0 heterocycles. The summed E-state index contributed by atoms with van der Waals surface area (Å²) in [5.74, 6) is -0.194. The molecule has 1 unspecified atom stereocenters. The summed E-state index contributed by atoms with van der Waals surface area (Å²) in [5, 5.41) is 5.90. The molecule has 5 nitrogen and oxygen atoms in total. The monoisotopic (exact) mass is 297 g/mol. The normalized spacial score (nSPS) is 11.7. The van der Waals surface area contributed by atoms with Gasteiger partial charge in [-0.2, -0.15) is 0 Å². The molecule has 1 aromatic rings. The number of anilines is 1. The number of nitrogens with zero attached hydrogens (tertiary/aromatic N) is 1. The third kappa shape index (κ3) is 4.42. The molecule has 0 saturated carbocycles. The SMILES string of the molecule is CCC(C)NC(=O)Nc1cc(Cl)ccc1C(=O)N(C)C. The van der Waals surface area contributed by atoms with Crippen LogP contribution in [0.25, 0.3) is 0 Å². The van der Waals surface area contributed by atoms with Gasteiger partial charge in [0.25, 0.3) is 5.91 Å². The van der Waals surface area contributed by atoms with E-state index in [2.05, 4.69) is 10.6 Å². The molecule has 1 atom stereocenters. The van der Waals surface area contributed by atoms with Gasteiger partial charge in [0.05, 0.1) is 11.3 Å². The van der Waals surface area contributed by atoms with Crippen molar-refractivity contribution in [1.29, 1.82) is 0 Å². The standard InChI is InChI=1S/C14H20ClN3O2/c1-5-9(2)16-14(20)17-12-8-10(15)6-7-11(12)13(19)18(3)4/h6-9H,5H2,1-4H3,(H2,16,17,20). The Morgan fingerprint density at radius 2 is 2.00 bits per heavy atom. The van der Waals surface area contributed by atoms with Crippen molar-refractivity contribution in [1.82, 2.24) is 10.2 Å². The van der Waals surface area contributed by atoms with Gasteiger partial charge in [-0.1, -0.05) is 18.5 Å². The van der Waals surface area contributed by atoms with Crippen LogP contribution in [0.5, 0.6) is 0 Å². The number of amides is 3. The van der Waals surface area contributed by atoms with Crippen LogP contribution in [0.1, 0.15) is 30.6 Å². The first kappa shape index (κ1) is 16.3. The van der Waals surface area contributed by atoms with E-state index in [1.54, 1.807) is 32.3 Å². The lowest BCUT2D eigenvalue weighted by molar-refractivity contribution is 0.0828. The van der Waals surface area contributed by atoms with Gasteiger partial charge in [-0.3, -0.25) is 4.79 Å². The van der Waals surface area contributed by atoms with E-state index in [-0.39, 0.29) is 18.0 Å². The van der Waals surface area contributed by atoms with E-state index >= 15 is 0 Å². The zero-order valence-corrected chi connectivity index (χ0v) is 12.9. The molecule has 6 heteroatoms. The zero-order chi connectivity index (χ0) is 15.3. The summed E-state index contributed by atoms with van der Waals surface area (Å²) in [7, 11) is 3.31. The van der Waals surface area contributed by atoms with Crippen LogP contribution in [0.2, 0.25) is 5.02 Å². The van der Waals surface area contributed by atoms with E-state index in [1.165, 1.54) is 4.90 Å². The smallest absolute Gasteiger partial charge is 0.319 e. The highest BCUT2D eigenvalue weighted by Gasteiger charge is 2.16. The van der Waals surface area contributed by atoms with Crippen LogP contribution in [0.3, 0.4) is 0 Å². The second-order valence-corrected chi connectivity index (χ2v) is 5.23. The molecule has 110 valence electrons. The van der Waals surface area contributed by atoms with Crippen LogP contribution in [-0.4, -0.2) is 37.0 Å². The molecule has 0 saturated heterocycles. The quantitative estimate of drug-likeness (QED) is 0.897. The highest BCUT2D eigenvalue weighted by molar-refractivity contribution is 6.31. The van der Waals surface area contributed by atoms with Gasteiger partial charge in [0.1, 0.15) is 0 Å². The molecule has 3 amide bonds. The van der Waals surface area contributed by atoms with E-state index in [0.29, 0.717) is 16.3 Å². The van der Waals surface area contributed by atoms with Crippen LogP contribution in [0, 0.1) is 0 Å². The number of rotatable bonds is 4. The van der Waals surface area contributed by atoms with Gasteiger partial charge in [-0.25, -0.2) is 4.79 Å². The summed E-state index contributed by atoms with van der Waals surface area (Å²) in [5.41, 5.74) is 0.802. The molecular formula is C14H20ClN3O2. The average Bonchev–Trinajstić information content (AvgIpc) is 2.37. The van der Waals surface area contributed by atoms with E-state index in [4.69, 9.17) is 11.6 Å². The second-order valence-electron chi connectivity index (χ2n) is 4.80. The fourth-order valence-electron chi connectivity index (χ4n) is 1.53. The molecule has 0 aromatic heterocycles. The van der Waals surface area contributed by atoms with Crippen LogP contribution in [0.4, 0.5) is 10.5 Å². The van der Waals surface area contributed by atoms with Crippen molar-refractivity contribution in [3.8, 4) is 0 Å². The van der Waals surface area contributed by atoms with E-state index < -0.39 is 0 Å². The molecule has 1 rings (SSSR count). The first-order valence-electron chi connectivity index (χ1n) is 6.43. The van der Waals surface area contributed by atoms with E-state index in [9.17, 15) is 9.59 Å². The molecule has 1 aromatic carbocycles. The van der Waals surface area contributed by atoms with Crippen molar-refractivity contribution in [2.45, 2.75) is 26.3 Å². The summed E-state index contributed by atoms with van der Waals surface area (Å²) in [4.78, 5) is 25.3. The van der Waals surface area contributed by atoms with Gasteiger partial charge in [0, 0.05) is 25.2 Å². The van der Waals surface area contributed by atoms with Crippen molar-refractivity contribution in [2.75, 3.05) is 19.4 Å². The summed E-state index contributed by atoms with van der Waals surface area (Å²) in [6, 6.07) is 4.49. The number of carbonyl (C=O) groups excluding carboxylic acids is 2. The highest BCUT2D eigenvalue weighted by atomic mass is 35.5. The fraction of sp³-hybridized carbons (Fsp3) is 0.429.